The van der Waals surface area contributed by atoms with Gasteiger partial charge in [-0.1, -0.05) is 19.3 Å². The highest BCUT2D eigenvalue weighted by Crippen LogP contribution is 2.22. The Hall–Kier alpha value is -2.18. The predicted octanol–water partition coefficient (Wildman–Crippen LogP) is 3.98. The molecule has 26 heavy (non-hydrogen) atoms. The summed E-state index contributed by atoms with van der Waals surface area (Å²) in [5, 5.41) is 5.20. The van der Waals surface area contributed by atoms with Crippen molar-refractivity contribution >= 4 is 12.0 Å². The van der Waals surface area contributed by atoms with Crippen molar-refractivity contribution in [1.29, 1.82) is 0 Å². The number of carbonyl (C=O) groups excluding carboxylic acids is 2. The fourth-order valence-electron chi connectivity index (χ4n) is 2.98. The SMILES string of the molecule is CC(C)(C)OC(=O)NC(C(=O)NC1CCCCC1)c1cc(F)ccc1F. The van der Waals surface area contributed by atoms with Crippen LogP contribution in [-0.4, -0.2) is 23.6 Å². The van der Waals surface area contributed by atoms with E-state index < -0.39 is 35.3 Å². The second-order valence-electron chi connectivity index (χ2n) is 7.59. The Bertz CT molecular complexity index is 653. The Labute approximate surface area is 152 Å². The molecule has 0 saturated heterocycles. The summed E-state index contributed by atoms with van der Waals surface area (Å²) >= 11 is 0. The number of alkyl carbamates (subject to hydrolysis) is 1. The van der Waals surface area contributed by atoms with Crippen LogP contribution in [0.4, 0.5) is 13.6 Å². The van der Waals surface area contributed by atoms with Gasteiger partial charge in [0.15, 0.2) is 0 Å². The summed E-state index contributed by atoms with van der Waals surface area (Å²) in [7, 11) is 0. The van der Waals surface area contributed by atoms with E-state index in [-0.39, 0.29) is 11.6 Å². The van der Waals surface area contributed by atoms with Crippen LogP contribution >= 0.6 is 0 Å². The summed E-state index contributed by atoms with van der Waals surface area (Å²) in [6.07, 6.45) is 3.91. The number of nitrogens with one attached hydrogen (secondary N) is 2. The number of carbonyl (C=O) groups is 2. The Morgan fingerprint density at radius 1 is 1.15 bits per heavy atom. The molecule has 1 saturated carbocycles. The third-order valence-electron chi connectivity index (χ3n) is 4.14. The maximum absolute atomic E-state index is 14.2. The molecule has 0 bridgehead atoms. The van der Waals surface area contributed by atoms with Gasteiger partial charge in [0, 0.05) is 11.6 Å². The van der Waals surface area contributed by atoms with Crippen LogP contribution in [0.1, 0.15) is 64.5 Å². The number of rotatable bonds is 4. The van der Waals surface area contributed by atoms with Gasteiger partial charge in [0.25, 0.3) is 0 Å². The molecular formula is C19H26F2N2O3. The first-order valence-corrected chi connectivity index (χ1v) is 8.90. The van der Waals surface area contributed by atoms with Crippen LogP contribution in [0.25, 0.3) is 0 Å². The Morgan fingerprint density at radius 2 is 1.81 bits per heavy atom. The molecule has 0 aliphatic heterocycles. The molecule has 0 aromatic heterocycles. The average molecular weight is 368 g/mol. The van der Waals surface area contributed by atoms with Crippen LogP contribution in [0.2, 0.25) is 0 Å². The van der Waals surface area contributed by atoms with Crippen molar-refractivity contribution in [3.63, 3.8) is 0 Å². The molecule has 2 rings (SSSR count). The highest BCUT2D eigenvalue weighted by molar-refractivity contribution is 5.87. The number of hydrogen-bond donors (Lipinski definition) is 2. The monoisotopic (exact) mass is 368 g/mol. The van der Waals surface area contributed by atoms with Crippen LogP contribution in [-0.2, 0) is 9.53 Å². The molecule has 1 unspecified atom stereocenters. The summed E-state index contributed by atoms with van der Waals surface area (Å²) in [6.45, 7) is 5.02. The lowest BCUT2D eigenvalue weighted by molar-refractivity contribution is -0.124. The molecule has 0 radical (unpaired) electrons. The number of amides is 2. The molecule has 1 fully saturated rings. The van der Waals surface area contributed by atoms with Crippen molar-refractivity contribution in [3.05, 3.63) is 35.4 Å². The zero-order chi connectivity index (χ0) is 19.3. The minimum Gasteiger partial charge on any atom is -0.444 e. The first-order chi connectivity index (χ1) is 12.2. The lowest BCUT2D eigenvalue weighted by Gasteiger charge is -2.27. The molecule has 1 aliphatic carbocycles. The normalized spacial score (nSPS) is 16.7. The molecule has 1 aromatic carbocycles. The predicted molar refractivity (Wildman–Crippen MR) is 93.5 cm³/mol. The van der Waals surface area contributed by atoms with E-state index in [1.54, 1.807) is 20.8 Å². The third kappa shape index (κ3) is 5.97. The van der Waals surface area contributed by atoms with Crippen molar-refractivity contribution in [2.45, 2.75) is 70.6 Å². The molecular weight excluding hydrogens is 342 g/mol. The van der Waals surface area contributed by atoms with E-state index in [9.17, 15) is 18.4 Å². The van der Waals surface area contributed by atoms with Gasteiger partial charge in [0.1, 0.15) is 23.3 Å². The van der Waals surface area contributed by atoms with Gasteiger partial charge in [-0.3, -0.25) is 4.79 Å². The smallest absolute Gasteiger partial charge is 0.408 e. The van der Waals surface area contributed by atoms with Gasteiger partial charge in [-0.25, -0.2) is 13.6 Å². The van der Waals surface area contributed by atoms with Gasteiger partial charge in [0.2, 0.25) is 5.91 Å². The second-order valence-corrected chi connectivity index (χ2v) is 7.59. The molecule has 144 valence electrons. The van der Waals surface area contributed by atoms with Gasteiger partial charge in [0.05, 0.1) is 0 Å². The van der Waals surface area contributed by atoms with Gasteiger partial charge in [-0.05, 0) is 51.8 Å². The standard InChI is InChI=1S/C19H26F2N2O3/c1-19(2,3)26-18(25)23-16(14-11-12(20)9-10-15(14)21)17(24)22-13-7-5-4-6-8-13/h9-11,13,16H,4-8H2,1-3H3,(H,22,24)(H,23,25). The maximum atomic E-state index is 14.2. The maximum Gasteiger partial charge on any atom is 0.408 e. The average Bonchev–Trinajstić information content (AvgIpc) is 2.54. The van der Waals surface area contributed by atoms with Gasteiger partial charge >= 0.3 is 6.09 Å². The fraction of sp³-hybridized carbons (Fsp3) is 0.579. The Balaban J connectivity index is 2.21. The lowest BCUT2D eigenvalue weighted by atomic mass is 9.95. The zero-order valence-corrected chi connectivity index (χ0v) is 15.4. The van der Waals surface area contributed by atoms with Crippen molar-refractivity contribution in [2.75, 3.05) is 0 Å². The first kappa shape index (κ1) is 20.1. The molecule has 7 heteroatoms. The molecule has 1 aliphatic rings. The van der Waals surface area contributed by atoms with Crippen molar-refractivity contribution in [1.82, 2.24) is 10.6 Å². The number of hydrogen-bond acceptors (Lipinski definition) is 3. The minimum atomic E-state index is -1.37. The second kappa shape index (κ2) is 8.47. The van der Waals surface area contributed by atoms with E-state index in [1.807, 2.05) is 0 Å². The topological polar surface area (TPSA) is 67.4 Å². The summed E-state index contributed by atoms with van der Waals surface area (Å²) in [5.74, 6) is -2.04. The van der Waals surface area contributed by atoms with E-state index in [0.29, 0.717) is 0 Å². The minimum absolute atomic E-state index is 0.0317. The van der Waals surface area contributed by atoms with Crippen LogP contribution in [0.5, 0.6) is 0 Å². The van der Waals surface area contributed by atoms with E-state index in [0.717, 1.165) is 50.3 Å². The van der Waals surface area contributed by atoms with Crippen LogP contribution in [0.3, 0.4) is 0 Å². The molecule has 2 N–H and O–H groups in total. The quantitative estimate of drug-likeness (QED) is 0.845. The summed E-state index contributed by atoms with van der Waals surface area (Å²) in [5.41, 5.74) is -1.02. The molecule has 0 spiro atoms. The summed E-state index contributed by atoms with van der Waals surface area (Å²) in [6, 6.07) is 1.40. The largest absolute Gasteiger partial charge is 0.444 e. The zero-order valence-electron chi connectivity index (χ0n) is 15.4. The molecule has 1 aromatic rings. The highest BCUT2D eigenvalue weighted by Gasteiger charge is 2.30. The first-order valence-electron chi connectivity index (χ1n) is 8.90. The van der Waals surface area contributed by atoms with E-state index in [2.05, 4.69) is 10.6 Å². The van der Waals surface area contributed by atoms with Crippen LogP contribution in [0.15, 0.2) is 18.2 Å². The Kier molecular flexibility index (Phi) is 6.56. The van der Waals surface area contributed by atoms with E-state index in [1.165, 1.54) is 0 Å². The lowest BCUT2D eigenvalue weighted by Crippen LogP contribution is -2.46. The van der Waals surface area contributed by atoms with Gasteiger partial charge in [-0.2, -0.15) is 0 Å². The fourth-order valence-corrected chi connectivity index (χ4v) is 2.98. The third-order valence-corrected chi connectivity index (χ3v) is 4.14. The van der Waals surface area contributed by atoms with Crippen molar-refractivity contribution < 1.29 is 23.1 Å². The van der Waals surface area contributed by atoms with Crippen molar-refractivity contribution in [3.8, 4) is 0 Å². The molecule has 0 heterocycles. The summed E-state index contributed by atoms with van der Waals surface area (Å²) in [4.78, 5) is 24.8. The van der Waals surface area contributed by atoms with E-state index in [4.69, 9.17) is 4.74 Å². The van der Waals surface area contributed by atoms with Gasteiger partial charge in [-0.15, -0.1) is 0 Å². The van der Waals surface area contributed by atoms with E-state index >= 15 is 0 Å². The molecule has 2 amide bonds. The summed E-state index contributed by atoms with van der Waals surface area (Å²) < 4.78 is 33.0. The molecule has 1 atom stereocenters. The number of halogens is 2. The Morgan fingerprint density at radius 3 is 2.42 bits per heavy atom. The molecule has 5 nitrogen and oxygen atoms in total. The van der Waals surface area contributed by atoms with Crippen LogP contribution < -0.4 is 10.6 Å². The van der Waals surface area contributed by atoms with Crippen LogP contribution in [0, 0.1) is 11.6 Å². The van der Waals surface area contributed by atoms with Gasteiger partial charge < -0.3 is 15.4 Å². The number of ether oxygens (including phenoxy) is 1. The highest BCUT2D eigenvalue weighted by atomic mass is 19.1. The van der Waals surface area contributed by atoms with Crippen molar-refractivity contribution in [2.24, 2.45) is 0 Å². The number of benzene rings is 1.